The molecule has 1 aliphatic rings. The van der Waals surface area contributed by atoms with Crippen LogP contribution in [0.5, 0.6) is 0 Å². The monoisotopic (exact) mass is 362 g/mol. The number of hydrogen-bond acceptors (Lipinski definition) is 2. The first-order valence-electron chi connectivity index (χ1n) is 8.60. The van der Waals surface area contributed by atoms with Crippen LogP contribution >= 0.6 is 0 Å². The Morgan fingerprint density at radius 3 is 2.31 bits per heavy atom. The number of halogens is 3. The van der Waals surface area contributed by atoms with Crippen molar-refractivity contribution in [3.8, 4) is 0 Å². The number of anilines is 2. The van der Waals surface area contributed by atoms with Gasteiger partial charge in [-0.3, -0.25) is 4.79 Å². The Labute approximate surface area is 150 Å². The van der Waals surface area contributed by atoms with Gasteiger partial charge in [0.15, 0.2) is 0 Å². The van der Waals surface area contributed by atoms with Gasteiger partial charge >= 0.3 is 6.18 Å². The van der Waals surface area contributed by atoms with Crippen LogP contribution in [0, 0.1) is 13.8 Å². The molecule has 1 heterocycles. The highest BCUT2D eigenvalue weighted by atomic mass is 19.4. The van der Waals surface area contributed by atoms with Crippen molar-refractivity contribution < 1.29 is 18.0 Å². The van der Waals surface area contributed by atoms with E-state index in [1.807, 2.05) is 24.8 Å². The molecule has 0 atom stereocenters. The van der Waals surface area contributed by atoms with E-state index in [2.05, 4.69) is 5.32 Å². The van der Waals surface area contributed by atoms with E-state index in [-0.39, 0.29) is 5.69 Å². The second-order valence-electron chi connectivity index (χ2n) is 6.68. The van der Waals surface area contributed by atoms with Crippen LogP contribution in [0.3, 0.4) is 0 Å². The van der Waals surface area contributed by atoms with Gasteiger partial charge in [-0.15, -0.1) is 0 Å². The largest absolute Gasteiger partial charge is 0.416 e. The van der Waals surface area contributed by atoms with Gasteiger partial charge in [0, 0.05) is 18.7 Å². The summed E-state index contributed by atoms with van der Waals surface area (Å²) in [6, 6.07) is 8.79. The molecule has 138 valence electrons. The summed E-state index contributed by atoms with van der Waals surface area (Å²) in [6.07, 6.45) is -2.47. The highest BCUT2D eigenvalue weighted by molar-refractivity contribution is 6.06. The Balaban J connectivity index is 1.95. The average molecular weight is 362 g/mol. The first kappa shape index (κ1) is 18.3. The Bertz CT molecular complexity index is 824. The Hall–Kier alpha value is -2.50. The summed E-state index contributed by atoms with van der Waals surface area (Å²) in [4.78, 5) is 14.6. The lowest BCUT2D eigenvalue weighted by Gasteiger charge is -2.23. The van der Waals surface area contributed by atoms with E-state index >= 15 is 0 Å². The molecule has 1 amide bonds. The number of benzene rings is 2. The molecule has 0 spiro atoms. The van der Waals surface area contributed by atoms with E-state index in [1.54, 1.807) is 12.1 Å². The molecule has 1 saturated heterocycles. The maximum absolute atomic E-state index is 13.1. The Morgan fingerprint density at radius 1 is 1.00 bits per heavy atom. The predicted molar refractivity (Wildman–Crippen MR) is 96.8 cm³/mol. The number of nitrogens with one attached hydrogen (secondary N) is 1. The van der Waals surface area contributed by atoms with E-state index < -0.39 is 17.6 Å². The lowest BCUT2D eigenvalue weighted by atomic mass is 10.1. The molecule has 0 saturated carbocycles. The Kier molecular flexibility index (Phi) is 4.94. The van der Waals surface area contributed by atoms with Gasteiger partial charge in [0.05, 0.1) is 16.9 Å². The summed E-state index contributed by atoms with van der Waals surface area (Å²) < 4.78 is 39.3. The summed E-state index contributed by atoms with van der Waals surface area (Å²) >= 11 is 0. The lowest BCUT2D eigenvalue weighted by molar-refractivity contribution is -0.137. The molecule has 3 nitrogen and oxygen atoms in total. The smallest absolute Gasteiger partial charge is 0.370 e. The highest BCUT2D eigenvalue weighted by Crippen LogP contribution is 2.36. The number of aryl methyl sites for hydroxylation is 2. The van der Waals surface area contributed by atoms with E-state index in [1.165, 1.54) is 6.07 Å². The van der Waals surface area contributed by atoms with Gasteiger partial charge in [0.25, 0.3) is 5.91 Å². The zero-order valence-corrected chi connectivity index (χ0v) is 14.8. The quantitative estimate of drug-likeness (QED) is 0.816. The Morgan fingerprint density at radius 2 is 1.69 bits per heavy atom. The lowest BCUT2D eigenvalue weighted by Crippen LogP contribution is -2.22. The molecule has 6 heteroatoms. The van der Waals surface area contributed by atoms with E-state index in [0.717, 1.165) is 49.2 Å². The molecule has 3 rings (SSSR count). The van der Waals surface area contributed by atoms with Crippen molar-refractivity contribution >= 4 is 17.3 Å². The molecule has 1 fully saturated rings. The van der Waals surface area contributed by atoms with Crippen LogP contribution in [0.25, 0.3) is 0 Å². The zero-order chi connectivity index (χ0) is 18.9. The molecule has 0 radical (unpaired) electrons. The molecule has 0 unspecified atom stereocenters. The van der Waals surface area contributed by atoms with Crippen LogP contribution in [0.2, 0.25) is 0 Å². The first-order chi connectivity index (χ1) is 12.3. The van der Waals surface area contributed by atoms with Gasteiger partial charge in [-0.05, 0) is 68.1 Å². The summed E-state index contributed by atoms with van der Waals surface area (Å²) in [7, 11) is 0. The minimum absolute atomic E-state index is 0.199. The van der Waals surface area contributed by atoms with E-state index in [0.29, 0.717) is 11.3 Å². The fraction of sp³-hybridized carbons (Fsp3) is 0.350. The van der Waals surface area contributed by atoms with Crippen LogP contribution in [-0.4, -0.2) is 19.0 Å². The van der Waals surface area contributed by atoms with Crippen LogP contribution in [0.15, 0.2) is 36.4 Å². The van der Waals surface area contributed by atoms with Crippen molar-refractivity contribution in [1.82, 2.24) is 0 Å². The molecule has 2 aromatic carbocycles. The molecule has 1 N–H and O–H groups in total. The highest BCUT2D eigenvalue weighted by Gasteiger charge is 2.32. The second kappa shape index (κ2) is 7.02. The molecule has 26 heavy (non-hydrogen) atoms. The number of alkyl halides is 3. The third-order valence-electron chi connectivity index (χ3n) is 4.79. The van der Waals surface area contributed by atoms with Gasteiger partial charge < -0.3 is 10.2 Å². The van der Waals surface area contributed by atoms with Gasteiger partial charge in [-0.2, -0.15) is 13.2 Å². The summed E-state index contributed by atoms with van der Waals surface area (Å²) in [5.41, 5.74) is 2.51. The summed E-state index contributed by atoms with van der Waals surface area (Å²) in [5, 5.41) is 2.68. The van der Waals surface area contributed by atoms with Crippen LogP contribution in [-0.2, 0) is 6.18 Å². The van der Waals surface area contributed by atoms with Crippen LogP contribution in [0.1, 0.15) is 39.9 Å². The zero-order valence-electron chi connectivity index (χ0n) is 14.8. The average Bonchev–Trinajstić information content (AvgIpc) is 3.10. The van der Waals surface area contributed by atoms with Crippen molar-refractivity contribution in [3.05, 3.63) is 58.7 Å². The number of nitrogens with zero attached hydrogens (tertiary/aromatic N) is 1. The SMILES string of the molecule is Cc1ccc(C(=O)Nc2cc(C(F)(F)F)ccc2N2CCCC2)cc1C. The topological polar surface area (TPSA) is 32.3 Å². The maximum atomic E-state index is 13.1. The fourth-order valence-corrected chi connectivity index (χ4v) is 3.12. The summed E-state index contributed by atoms with van der Waals surface area (Å²) in [5.74, 6) is -0.409. The van der Waals surface area contributed by atoms with Gasteiger partial charge in [-0.1, -0.05) is 6.07 Å². The summed E-state index contributed by atoms with van der Waals surface area (Å²) in [6.45, 7) is 5.39. The normalized spacial score (nSPS) is 14.6. The van der Waals surface area contributed by atoms with Crippen molar-refractivity contribution in [1.29, 1.82) is 0 Å². The van der Waals surface area contributed by atoms with Crippen molar-refractivity contribution in [2.75, 3.05) is 23.3 Å². The third-order valence-corrected chi connectivity index (χ3v) is 4.79. The third kappa shape index (κ3) is 3.84. The minimum atomic E-state index is -4.45. The van der Waals surface area contributed by atoms with E-state index in [9.17, 15) is 18.0 Å². The second-order valence-corrected chi connectivity index (χ2v) is 6.68. The van der Waals surface area contributed by atoms with Gasteiger partial charge in [0.1, 0.15) is 0 Å². The first-order valence-corrected chi connectivity index (χ1v) is 8.60. The number of carbonyl (C=O) groups is 1. The van der Waals surface area contributed by atoms with Crippen molar-refractivity contribution in [2.45, 2.75) is 32.9 Å². The molecular formula is C20H21F3N2O. The van der Waals surface area contributed by atoms with Crippen molar-refractivity contribution in [2.24, 2.45) is 0 Å². The molecule has 0 aliphatic carbocycles. The number of rotatable bonds is 3. The molecule has 2 aromatic rings. The number of carbonyl (C=O) groups excluding carboxylic acids is 1. The number of amides is 1. The van der Waals surface area contributed by atoms with Crippen LogP contribution < -0.4 is 10.2 Å². The molecule has 0 bridgehead atoms. The minimum Gasteiger partial charge on any atom is -0.370 e. The standard InChI is InChI=1S/C20H21F3N2O/c1-13-5-6-15(11-14(13)2)19(26)24-17-12-16(20(21,22)23)7-8-18(17)25-9-3-4-10-25/h5-8,11-12H,3-4,9-10H2,1-2H3,(H,24,26). The van der Waals surface area contributed by atoms with Gasteiger partial charge in [0.2, 0.25) is 0 Å². The fourth-order valence-electron chi connectivity index (χ4n) is 3.12. The predicted octanol–water partition coefficient (Wildman–Crippen LogP) is 5.17. The molecule has 0 aromatic heterocycles. The van der Waals surface area contributed by atoms with E-state index in [4.69, 9.17) is 0 Å². The van der Waals surface area contributed by atoms with Crippen molar-refractivity contribution in [3.63, 3.8) is 0 Å². The maximum Gasteiger partial charge on any atom is 0.416 e. The van der Waals surface area contributed by atoms with Gasteiger partial charge in [-0.25, -0.2) is 0 Å². The molecular weight excluding hydrogens is 341 g/mol. The molecule has 1 aliphatic heterocycles. The number of hydrogen-bond donors (Lipinski definition) is 1. The van der Waals surface area contributed by atoms with Crippen LogP contribution in [0.4, 0.5) is 24.5 Å².